The molecule has 1 amide bonds. The summed E-state index contributed by atoms with van der Waals surface area (Å²) in [6.45, 7) is 2.92. The minimum atomic E-state index is -4.53. The van der Waals surface area contributed by atoms with Gasteiger partial charge in [-0.15, -0.1) is 0 Å². The summed E-state index contributed by atoms with van der Waals surface area (Å²) in [4.78, 5) is 14.1. The number of hydrogen-bond donors (Lipinski definition) is 1. The van der Waals surface area contributed by atoms with Gasteiger partial charge in [0.25, 0.3) is 0 Å². The van der Waals surface area contributed by atoms with Crippen LogP contribution in [0.3, 0.4) is 0 Å². The first-order valence-corrected chi connectivity index (χ1v) is 7.27. The maximum Gasteiger partial charge on any atom is 0.435 e. The van der Waals surface area contributed by atoms with E-state index in [4.69, 9.17) is 0 Å². The van der Waals surface area contributed by atoms with E-state index in [2.05, 4.69) is 15.5 Å². The lowest BCUT2D eigenvalue weighted by Gasteiger charge is -2.12. The predicted molar refractivity (Wildman–Crippen MR) is 81.4 cm³/mol. The maximum absolute atomic E-state index is 12.6. The van der Waals surface area contributed by atoms with Crippen molar-refractivity contribution in [1.82, 2.24) is 24.5 Å². The largest absolute Gasteiger partial charge is 0.435 e. The highest BCUT2D eigenvalue weighted by atomic mass is 19.4. The number of aromatic nitrogens is 4. The lowest BCUT2D eigenvalue weighted by molar-refractivity contribution is -0.141. The van der Waals surface area contributed by atoms with Gasteiger partial charge in [0.2, 0.25) is 5.91 Å². The Balaban J connectivity index is 1.98. The van der Waals surface area contributed by atoms with Gasteiger partial charge in [0.05, 0.1) is 18.4 Å². The molecule has 2 heterocycles. The second-order valence-electron chi connectivity index (χ2n) is 5.64. The van der Waals surface area contributed by atoms with Crippen LogP contribution >= 0.6 is 0 Å². The first-order chi connectivity index (χ1) is 11.2. The number of amides is 1. The van der Waals surface area contributed by atoms with Crippen LogP contribution in [0.25, 0.3) is 0 Å². The van der Waals surface area contributed by atoms with Crippen molar-refractivity contribution >= 4 is 11.6 Å². The van der Waals surface area contributed by atoms with E-state index in [1.807, 2.05) is 19.0 Å². The molecule has 1 atom stereocenters. The standard InChI is InChI=1S/C14H19F3N6O/c1-10(23-5-4-12(20-23)14(15,16)17)13(24)19-11-8-18-22(9-11)7-6-21(2)3/h4-5,8-10H,6-7H2,1-3H3,(H,19,24). The highest BCUT2D eigenvalue weighted by molar-refractivity contribution is 5.93. The Morgan fingerprint density at radius 3 is 2.71 bits per heavy atom. The van der Waals surface area contributed by atoms with E-state index in [1.165, 1.54) is 13.1 Å². The number of anilines is 1. The lowest BCUT2D eigenvalue weighted by Crippen LogP contribution is -2.24. The molecule has 0 aliphatic rings. The first kappa shape index (κ1) is 18.0. The first-order valence-electron chi connectivity index (χ1n) is 7.27. The summed E-state index contributed by atoms with van der Waals surface area (Å²) in [5.74, 6) is -0.473. The Hall–Kier alpha value is -2.36. The molecule has 2 aromatic rings. The van der Waals surface area contributed by atoms with Gasteiger partial charge in [-0.3, -0.25) is 14.2 Å². The third-order valence-electron chi connectivity index (χ3n) is 3.35. The van der Waals surface area contributed by atoms with Crippen molar-refractivity contribution in [2.45, 2.75) is 25.7 Å². The molecule has 0 fully saturated rings. The summed E-state index contributed by atoms with van der Waals surface area (Å²) >= 11 is 0. The van der Waals surface area contributed by atoms with E-state index in [9.17, 15) is 18.0 Å². The van der Waals surface area contributed by atoms with Crippen molar-refractivity contribution in [3.63, 3.8) is 0 Å². The molecule has 0 aromatic carbocycles. The summed E-state index contributed by atoms with van der Waals surface area (Å²) < 4.78 is 40.3. The zero-order valence-corrected chi connectivity index (χ0v) is 13.6. The number of likely N-dealkylation sites (N-methyl/N-ethyl adjacent to an activating group) is 1. The molecule has 2 rings (SSSR count). The van der Waals surface area contributed by atoms with E-state index in [0.717, 1.165) is 23.5 Å². The Labute approximate surface area is 137 Å². The normalized spacial score (nSPS) is 13.3. The van der Waals surface area contributed by atoms with Gasteiger partial charge >= 0.3 is 6.18 Å². The van der Waals surface area contributed by atoms with Crippen LogP contribution in [0.2, 0.25) is 0 Å². The molecule has 0 saturated carbocycles. The van der Waals surface area contributed by atoms with Crippen LogP contribution in [0.1, 0.15) is 18.7 Å². The third-order valence-corrected chi connectivity index (χ3v) is 3.35. The number of nitrogens with one attached hydrogen (secondary N) is 1. The van der Waals surface area contributed by atoms with Gasteiger partial charge in [-0.1, -0.05) is 0 Å². The Morgan fingerprint density at radius 1 is 1.42 bits per heavy atom. The van der Waals surface area contributed by atoms with Gasteiger partial charge in [-0.05, 0) is 27.1 Å². The summed E-state index contributed by atoms with van der Waals surface area (Å²) in [5.41, 5.74) is -0.549. The summed E-state index contributed by atoms with van der Waals surface area (Å²) in [5, 5.41) is 10.1. The van der Waals surface area contributed by atoms with Crippen molar-refractivity contribution in [3.05, 3.63) is 30.4 Å². The average molecular weight is 344 g/mol. The third kappa shape index (κ3) is 4.57. The zero-order valence-electron chi connectivity index (χ0n) is 13.6. The molecule has 1 N–H and O–H groups in total. The van der Waals surface area contributed by atoms with Gasteiger partial charge < -0.3 is 10.2 Å². The second-order valence-corrected chi connectivity index (χ2v) is 5.64. The predicted octanol–water partition coefficient (Wildman–Crippen LogP) is 1.86. The van der Waals surface area contributed by atoms with Crippen LogP contribution in [-0.4, -0.2) is 51.0 Å². The number of nitrogens with zero attached hydrogens (tertiary/aromatic N) is 5. The molecule has 0 aliphatic heterocycles. The Kier molecular flexibility index (Phi) is 5.27. The number of rotatable bonds is 6. The van der Waals surface area contributed by atoms with Gasteiger partial charge in [-0.2, -0.15) is 23.4 Å². The molecule has 0 radical (unpaired) electrons. The van der Waals surface area contributed by atoms with Crippen molar-refractivity contribution in [1.29, 1.82) is 0 Å². The van der Waals surface area contributed by atoms with Crippen molar-refractivity contribution in [2.24, 2.45) is 0 Å². The van der Waals surface area contributed by atoms with Gasteiger partial charge in [-0.25, -0.2) is 0 Å². The average Bonchev–Trinajstić information content (AvgIpc) is 3.12. The SMILES string of the molecule is CC(C(=O)Nc1cnn(CCN(C)C)c1)n1ccc(C(F)(F)F)n1. The monoisotopic (exact) mass is 344 g/mol. The molecule has 132 valence electrons. The van der Waals surface area contributed by atoms with E-state index < -0.39 is 23.8 Å². The van der Waals surface area contributed by atoms with Crippen LogP contribution in [0, 0.1) is 0 Å². The molecule has 0 aliphatic carbocycles. The highest BCUT2D eigenvalue weighted by Gasteiger charge is 2.34. The number of hydrogen-bond acceptors (Lipinski definition) is 4. The van der Waals surface area contributed by atoms with E-state index in [-0.39, 0.29) is 0 Å². The Bertz CT molecular complexity index is 691. The molecule has 10 heteroatoms. The summed E-state index contributed by atoms with van der Waals surface area (Å²) in [6, 6.07) is -0.0468. The number of alkyl halides is 3. The van der Waals surface area contributed by atoms with Gasteiger partial charge in [0, 0.05) is 18.9 Å². The lowest BCUT2D eigenvalue weighted by atomic mass is 10.3. The minimum absolute atomic E-state index is 0.473. The second kappa shape index (κ2) is 7.04. The quantitative estimate of drug-likeness (QED) is 0.869. The molecule has 0 spiro atoms. The van der Waals surface area contributed by atoms with Crippen molar-refractivity contribution in [3.8, 4) is 0 Å². The fraction of sp³-hybridized carbons (Fsp3) is 0.500. The smallest absolute Gasteiger partial charge is 0.322 e. The summed E-state index contributed by atoms with van der Waals surface area (Å²) in [6.07, 6.45) is -0.245. The molecule has 1 unspecified atom stereocenters. The molecule has 24 heavy (non-hydrogen) atoms. The van der Waals surface area contributed by atoms with Crippen molar-refractivity contribution < 1.29 is 18.0 Å². The fourth-order valence-corrected chi connectivity index (χ4v) is 1.92. The van der Waals surface area contributed by atoms with E-state index >= 15 is 0 Å². The Morgan fingerprint density at radius 2 is 2.12 bits per heavy atom. The van der Waals surface area contributed by atoms with Crippen LogP contribution in [-0.2, 0) is 17.5 Å². The molecular formula is C14H19F3N6O. The van der Waals surface area contributed by atoms with Crippen LogP contribution < -0.4 is 5.32 Å². The van der Waals surface area contributed by atoms with Crippen molar-refractivity contribution in [2.75, 3.05) is 26.0 Å². The van der Waals surface area contributed by atoms with Gasteiger partial charge in [0.15, 0.2) is 5.69 Å². The molecule has 2 aromatic heterocycles. The summed E-state index contributed by atoms with van der Waals surface area (Å²) in [7, 11) is 3.88. The van der Waals surface area contributed by atoms with Crippen LogP contribution in [0.15, 0.2) is 24.7 Å². The number of halogens is 3. The minimum Gasteiger partial charge on any atom is -0.322 e. The molecule has 0 saturated heterocycles. The fourth-order valence-electron chi connectivity index (χ4n) is 1.92. The molecular weight excluding hydrogens is 325 g/mol. The topological polar surface area (TPSA) is 68.0 Å². The number of carbonyl (C=O) groups is 1. The number of carbonyl (C=O) groups excluding carboxylic acids is 1. The highest BCUT2D eigenvalue weighted by Crippen LogP contribution is 2.27. The van der Waals surface area contributed by atoms with Crippen LogP contribution in [0.5, 0.6) is 0 Å². The zero-order chi connectivity index (χ0) is 17.9. The molecule has 0 bridgehead atoms. The molecule has 7 nitrogen and oxygen atoms in total. The maximum atomic E-state index is 12.6. The van der Waals surface area contributed by atoms with Crippen LogP contribution in [0.4, 0.5) is 18.9 Å². The van der Waals surface area contributed by atoms with E-state index in [1.54, 1.807) is 10.9 Å². The van der Waals surface area contributed by atoms with Gasteiger partial charge in [0.1, 0.15) is 6.04 Å². The van der Waals surface area contributed by atoms with E-state index in [0.29, 0.717) is 12.2 Å².